The number of aromatic nitrogens is 1. The van der Waals surface area contributed by atoms with Gasteiger partial charge in [-0.2, -0.15) is 0 Å². The fourth-order valence-corrected chi connectivity index (χ4v) is 2.50. The molecule has 1 aliphatic heterocycles. The van der Waals surface area contributed by atoms with Crippen molar-refractivity contribution < 1.29 is 14.2 Å². The number of nitrogens with zero attached hydrogens (tertiary/aromatic N) is 2. The van der Waals surface area contributed by atoms with Crippen LogP contribution in [0.3, 0.4) is 0 Å². The first-order valence-electron chi connectivity index (χ1n) is 5.76. The van der Waals surface area contributed by atoms with Crippen molar-refractivity contribution in [2.24, 2.45) is 0 Å². The van der Waals surface area contributed by atoms with Gasteiger partial charge in [0.15, 0.2) is 11.6 Å². The molecule has 2 heterocycles. The summed E-state index contributed by atoms with van der Waals surface area (Å²) in [7, 11) is 0. The van der Waals surface area contributed by atoms with Crippen LogP contribution in [-0.2, 0) is 4.74 Å². The Kier molecular flexibility index (Phi) is 3.89. The molecule has 100 valence electrons. The van der Waals surface area contributed by atoms with Gasteiger partial charge in [0.1, 0.15) is 0 Å². The van der Waals surface area contributed by atoms with E-state index in [0.717, 1.165) is 0 Å². The van der Waals surface area contributed by atoms with E-state index in [1.165, 1.54) is 6.07 Å². The van der Waals surface area contributed by atoms with Crippen LogP contribution in [-0.4, -0.2) is 41.5 Å². The Morgan fingerprint density at radius 3 is 3.00 bits per heavy atom. The zero-order chi connectivity index (χ0) is 13.3. The van der Waals surface area contributed by atoms with E-state index in [-0.39, 0.29) is 18.5 Å². The molecule has 0 saturated carbocycles. The molecular weight excluding hydrogens is 303 g/mol. The van der Waals surface area contributed by atoms with Gasteiger partial charge in [-0.15, -0.1) is 0 Å². The number of pyridine rings is 1. The van der Waals surface area contributed by atoms with Crippen molar-refractivity contribution in [2.75, 3.05) is 24.6 Å². The molecule has 6 heteroatoms. The standard InChI is InChI=1S/C12H16BrFN2O2/c1-12(2)7-16(5-9(6-17)18-12)11-10(14)3-8(13)4-15-11/h3-4,9,17H,5-7H2,1-2H3. The summed E-state index contributed by atoms with van der Waals surface area (Å²) in [4.78, 5) is 5.91. The first-order valence-corrected chi connectivity index (χ1v) is 6.55. The molecule has 0 aromatic carbocycles. The molecule has 1 atom stereocenters. The van der Waals surface area contributed by atoms with Crippen LogP contribution < -0.4 is 4.90 Å². The van der Waals surface area contributed by atoms with Gasteiger partial charge in [0.25, 0.3) is 0 Å². The van der Waals surface area contributed by atoms with E-state index in [4.69, 9.17) is 4.74 Å². The van der Waals surface area contributed by atoms with Gasteiger partial charge in [0.05, 0.1) is 18.3 Å². The van der Waals surface area contributed by atoms with Crippen molar-refractivity contribution >= 4 is 21.7 Å². The second kappa shape index (κ2) is 5.11. The summed E-state index contributed by atoms with van der Waals surface area (Å²) in [5.41, 5.74) is -0.438. The SMILES string of the molecule is CC1(C)CN(c2ncc(Br)cc2F)CC(CO)O1. The number of hydrogen-bond acceptors (Lipinski definition) is 4. The predicted molar refractivity (Wildman–Crippen MR) is 70.1 cm³/mol. The minimum absolute atomic E-state index is 0.0852. The van der Waals surface area contributed by atoms with Gasteiger partial charge in [0.2, 0.25) is 0 Å². The molecule has 1 aromatic heterocycles. The van der Waals surface area contributed by atoms with Crippen LogP contribution >= 0.6 is 15.9 Å². The fraction of sp³-hybridized carbons (Fsp3) is 0.583. The molecule has 1 aromatic rings. The van der Waals surface area contributed by atoms with Gasteiger partial charge >= 0.3 is 0 Å². The highest BCUT2D eigenvalue weighted by atomic mass is 79.9. The molecule has 1 N–H and O–H groups in total. The smallest absolute Gasteiger partial charge is 0.166 e. The summed E-state index contributed by atoms with van der Waals surface area (Å²) < 4.78 is 20.2. The van der Waals surface area contributed by atoms with Crippen molar-refractivity contribution in [3.8, 4) is 0 Å². The lowest BCUT2D eigenvalue weighted by Gasteiger charge is -2.42. The van der Waals surface area contributed by atoms with Crippen LogP contribution in [0.25, 0.3) is 0 Å². The Bertz CT molecular complexity index is 442. The maximum atomic E-state index is 13.9. The van der Waals surface area contributed by atoms with Gasteiger partial charge in [-0.25, -0.2) is 9.37 Å². The summed E-state index contributed by atoms with van der Waals surface area (Å²) in [6, 6.07) is 1.39. The molecule has 0 spiro atoms. The Labute approximate surface area is 114 Å². The van der Waals surface area contributed by atoms with Crippen molar-refractivity contribution in [3.05, 3.63) is 22.6 Å². The van der Waals surface area contributed by atoms with Gasteiger partial charge in [-0.1, -0.05) is 0 Å². The van der Waals surface area contributed by atoms with Crippen LogP contribution in [0, 0.1) is 5.82 Å². The lowest BCUT2D eigenvalue weighted by atomic mass is 10.1. The Morgan fingerprint density at radius 2 is 2.39 bits per heavy atom. The maximum absolute atomic E-state index is 13.9. The largest absolute Gasteiger partial charge is 0.394 e. The molecule has 1 unspecified atom stereocenters. The zero-order valence-corrected chi connectivity index (χ0v) is 11.9. The Balaban J connectivity index is 2.26. The molecule has 0 amide bonds. The molecule has 0 bridgehead atoms. The minimum atomic E-state index is -0.438. The lowest BCUT2D eigenvalue weighted by molar-refractivity contribution is -0.101. The molecule has 1 fully saturated rings. The van der Waals surface area contributed by atoms with E-state index in [0.29, 0.717) is 23.4 Å². The second-order valence-corrected chi connectivity index (χ2v) is 5.94. The highest BCUT2D eigenvalue weighted by molar-refractivity contribution is 9.10. The van der Waals surface area contributed by atoms with E-state index in [1.54, 1.807) is 6.20 Å². The quantitative estimate of drug-likeness (QED) is 0.905. The van der Waals surface area contributed by atoms with Crippen LogP contribution in [0.2, 0.25) is 0 Å². The summed E-state index contributed by atoms with van der Waals surface area (Å²) in [6.07, 6.45) is 1.24. The molecule has 0 radical (unpaired) electrons. The van der Waals surface area contributed by atoms with Gasteiger partial charge in [-0.05, 0) is 35.8 Å². The number of hydrogen-bond donors (Lipinski definition) is 1. The number of anilines is 1. The third-order valence-corrected chi connectivity index (χ3v) is 3.21. The average molecular weight is 319 g/mol. The third kappa shape index (κ3) is 2.99. The number of aliphatic hydroxyl groups is 1. The predicted octanol–water partition coefficient (Wildman–Crippen LogP) is 1.96. The van der Waals surface area contributed by atoms with Crippen molar-refractivity contribution in [3.63, 3.8) is 0 Å². The van der Waals surface area contributed by atoms with Crippen molar-refractivity contribution in [1.82, 2.24) is 4.98 Å². The first kappa shape index (κ1) is 13.7. The van der Waals surface area contributed by atoms with Crippen LogP contribution in [0.5, 0.6) is 0 Å². The Hall–Kier alpha value is -0.720. The first-order chi connectivity index (χ1) is 8.41. The fourth-order valence-electron chi connectivity index (χ4n) is 2.19. The average Bonchev–Trinajstić information content (AvgIpc) is 2.26. The van der Waals surface area contributed by atoms with E-state index in [9.17, 15) is 9.50 Å². The maximum Gasteiger partial charge on any atom is 0.166 e. The summed E-state index contributed by atoms with van der Waals surface area (Å²) >= 11 is 3.18. The summed E-state index contributed by atoms with van der Waals surface area (Å²) in [5.74, 6) is -0.0770. The van der Waals surface area contributed by atoms with Gasteiger partial charge < -0.3 is 14.7 Å². The summed E-state index contributed by atoms with van der Waals surface area (Å²) in [5, 5.41) is 9.23. The van der Waals surface area contributed by atoms with Crippen LogP contribution in [0.15, 0.2) is 16.7 Å². The van der Waals surface area contributed by atoms with E-state index >= 15 is 0 Å². The van der Waals surface area contributed by atoms with E-state index < -0.39 is 5.60 Å². The normalized spacial score (nSPS) is 23.2. The molecular formula is C12H16BrFN2O2. The van der Waals surface area contributed by atoms with E-state index in [2.05, 4.69) is 20.9 Å². The molecule has 2 rings (SSSR count). The van der Waals surface area contributed by atoms with Gasteiger partial charge in [-0.3, -0.25) is 0 Å². The van der Waals surface area contributed by atoms with Crippen molar-refractivity contribution in [1.29, 1.82) is 0 Å². The molecule has 1 saturated heterocycles. The van der Waals surface area contributed by atoms with E-state index in [1.807, 2.05) is 18.7 Å². The van der Waals surface area contributed by atoms with Crippen LogP contribution in [0.4, 0.5) is 10.2 Å². The number of rotatable bonds is 2. The number of halogens is 2. The highest BCUT2D eigenvalue weighted by Gasteiger charge is 2.34. The molecule has 18 heavy (non-hydrogen) atoms. The van der Waals surface area contributed by atoms with Crippen LogP contribution in [0.1, 0.15) is 13.8 Å². The lowest BCUT2D eigenvalue weighted by Crippen LogP contribution is -2.54. The second-order valence-electron chi connectivity index (χ2n) is 5.02. The zero-order valence-electron chi connectivity index (χ0n) is 10.4. The molecule has 4 nitrogen and oxygen atoms in total. The number of ether oxygens (including phenoxy) is 1. The monoisotopic (exact) mass is 318 g/mol. The topological polar surface area (TPSA) is 45.6 Å². The third-order valence-electron chi connectivity index (χ3n) is 2.77. The number of morpholine rings is 1. The summed E-state index contributed by atoms with van der Waals surface area (Å²) in [6.45, 7) is 4.72. The minimum Gasteiger partial charge on any atom is -0.394 e. The highest BCUT2D eigenvalue weighted by Crippen LogP contribution is 2.27. The number of aliphatic hydroxyl groups excluding tert-OH is 1. The van der Waals surface area contributed by atoms with Crippen molar-refractivity contribution in [2.45, 2.75) is 25.6 Å². The van der Waals surface area contributed by atoms with Gasteiger partial charge in [0, 0.05) is 23.8 Å². The molecule has 0 aliphatic carbocycles. The Morgan fingerprint density at radius 1 is 1.67 bits per heavy atom. The molecule has 1 aliphatic rings.